The first-order valence-corrected chi connectivity index (χ1v) is 2.99. The van der Waals surface area contributed by atoms with Crippen LogP contribution < -0.4 is 5.11 Å². The van der Waals surface area contributed by atoms with E-state index in [9.17, 15) is 9.90 Å². The fraction of sp³-hybridized carbons (Fsp3) is 0.833. The van der Waals surface area contributed by atoms with Gasteiger partial charge >= 0.3 is 0 Å². The third-order valence-corrected chi connectivity index (χ3v) is 1.68. The molecule has 1 aliphatic carbocycles. The molecule has 0 radical (unpaired) electrons. The molecule has 0 aromatic heterocycles. The maximum Gasteiger partial charge on any atom is 0.0417 e. The van der Waals surface area contributed by atoms with E-state index in [4.69, 9.17) is 0 Å². The molecule has 0 aromatic carbocycles. The number of hydrogen-bond acceptors (Lipinski definition) is 2. The van der Waals surface area contributed by atoms with Crippen molar-refractivity contribution in [1.29, 1.82) is 0 Å². The van der Waals surface area contributed by atoms with Crippen molar-refractivity contribution in [3.8, 4) is 0 Å². The molecule has 2 heteroatoms. The molecule has 0 aliphatic heterocycles. The lowest BCUT2D eigenvalue weighted by Gasteiger charge is -2.25. The number of carbonyl (C=O) groups is 1. The Balaban J connectivity index is 2.09. The van der Waals surface area contributed by atoms with Crippen molar-refractivity contribution >= 4 is 5.97 Å². The molecular weight excluding hydrogens is 104 g/mol. The summed E-state index contributed by atoms with van der Waals surface area (Å²) in [5, 5.41) is 9.89. The Kier molecular flexibility index (Phi) is 1.51. The summed E-state index contributed by atoms with van der Waals surface area (Å²) in [5.41, 5.74) is 0. The molecule has 1 saturated carbocycles. The van der Waals surface area contributed by atoms with E-state index >= 15 is 0 Å². The summed E-state index contributed by atoms with van der Waals surface area (Å²) in [5.74, 6) is -0.449. The first-order valence-electron chi connectivity index (χ1n) is 2.99. The van der Waals surface area contributed by atoms with E-state index in [1.807, 2.05) is 0 Å². The summed E-state index contributed by atoms with van der Waals surface area (Å²) >= 11 is 0. The van der Waals surface area contributed by atoms with Crippen molar-refractivity contribution in [3.63, 3.8) is 0 Å². The van der Waals surface area contributed by atoms with E-state index in [0.29, 0.717) is 5.92 Å². The van der Waals surface area contributed by atoms with Gasteiger partial charge in [-0.25, -0.2) is 0 Å². The van der Waals surface area contributed by atoms with E-state index in [1.165, 1.54) is 6.42 Å². The minimum Gasteiger partial charge on any atom is -0.550 e. The van der Waals surface area contributed by atoms with Gasteiger partial charge < -0.3 is 9.90 Å². The minimum atomic E-state index is -0.894. The zero-order valence-electron chi connectivity index (χ0n) is 4.72. The van der Waals surface area contributed by atoms with E-state index in [2.05, 4.69) is 0 Å². The van der Waals surface area contributed by atoms with Crippen LogP contribution in [0.1, 0.15) is 25.7 Å². The Bertz CT molecular complexity index is 94.7. The highest BCUT2D eigenvalue weighted by molar-refractivity contribution is 5.64. The van der Waals surface area contributed by atoms with Crippen LogP contribution in [0.15, 0.2) is 0 Å². The Morgan fingerprint density at radius 1 is 1.62 bits per heavy atom. The standard InChI is InChI=1S/C6H10O2/c7-6(8)4-5-2-1-3-5/h5H,1-4H2,(H,7,8)/p-1. The number of aliphatic carboxylic acids is 1. The third kappa shape index (κ3) is 1.22. The first-order chi connectivity index (χ1) is 3.79. The normalized spacial score (nSPS) is 20.0. The third-order valence-electron chi connectivity index (χ3n) is 1.68. The van der Waals surface area contributed by atoms with Crippen LogP contribution in [0.4, 0.5) is 0 Å². The van der Waals surface area contributed by atoms with Crippen LogP contribution >= 0.6 is 0 Å². The van der Waals surface area contributed by atoms with Crippen LogP contribution in [0, 0.1) is 5.92 Å². The highest BCUT2D eigenvalue weighted by atomic mass is 16.4. The second-order valence-electron chi connectivity index (χ2n) is 2.37. The van der Waals surface area contributed by atoms with Gasteiger partial charge in [0.2, 0.25) is 0 Å². The summed E-state index contributed by atoms with van der Waals surface area (Å²) in [6, 6.07) is 0. The van der Waals surface area contributed by atoms with Crippen molar-refractivity contribution in [2.45, 2.75) is 25.7 Å². The monoisotopic (exact) mass is 113 g/mol. The number of carbonyl (C=O) groups excluding carboxylic acids is 1. The molecule has 0 heterocycles. The van der Waals surface area contributed by atoms with Gasteiger partial charge in [0.1, 0.15) is 0 Å². The second-order valence-corrected chi connectivity index (χ2v) is 2.37. The molecule has 1 aliphatic rings. The Labute approximate surface area is 48.5 Å². The van der Waals surface area contributed by atoms with Gasteiger partial charge in [-0.15, -0.1) is 0 Å². The molecule has 0 aromatic rings. The molecule has 0 atom stereocenters. The van der Waals surface area contributed by atoms with Gasteiger partial charge in [0.05, 0.1) is 0 Å². The lowest BCUT2D eigenvalue weighted by molar-refractivity contribution is -0.307. The predicted octanol–water partition coefficient (Wildman–Crippen LogP) is -0.0735. The molecule has 46 valence electrons. The topological polar surface area (TPSA) is 40.1 Å². The fourth-order valence-electron chi connectivity index (χ4n) is 0.933. The summed E-state index contributed by atoms with van der Waals surface area (Å²) in [7, 11) is 0. The maximum absolute atomic E-state index is 9.89. The lowest BCUT2D eigenvalue weighted by Crippen LogP contribution is -2.27. The van der Waals surface area contributed by atoms with Crippen molar-refractivity contribution in [3.05, 3.63) is 0 Å². The van der Waals surface area contributed by atoms with Gasteiger partial charge in [-0.1, -0.05) is 19.3 Å². The van der Waals surface area contributed by atoms with Crippen LogP contribution in [0.25, 0.3) is 0 Å². The molecule has 0 amide bonds. The summed E-state index contributed by atoms with van der Waals surface area (Å²) in [6.45, 7) is 0. The molecule has 0 unspecified atom stereocenters. The largest absolute Gasteiger partial charge is 0.550 e. The predicted molar refractivity (Wildman–Crippen MR) is 27.0 cm³/mol. The van der Waals surface area contributed by atoms with Crippen LogP contribution in [-0.2, 0) is 4.79 Å². The number of rotatable bonds is 2. The Morgan fingerprint density at radius 3 is 2.38 bits per heavy atom. The fourth-order valence-corrected chi connectivity index (χ4v) is 0.933. The molecular formula is C6H9O2-. The zero-order chi connectivity index (χ0) is 5.98. The Morgan fingerprint density at radius 2 is 2.25 bits per heavy atom. The van der Waals surface area contributed by atoms with Gasteiger partial charge in [-0.3, -0.25) is 0 Å². The van der Waals surface area contributed by atoms with Crippen molar-refractivity contribution in [2.24, 2.45) is 5.92 Å². The molecule has 0 spiro atoms. The zero-order valence-corrected chi connectivity index (χ0v) is 4.72. The van der Waals surface area contributed by atoms with Crippen LogP contribution in [-0.4, -0.2) is 5.97 Å². The summed E-state index contributed by atoms with van der Waals surface area (Å²) < 4.78 is 0. The SMILES string of the molecule is O=C([O-])CC1CCC1. The van der Waals surface area contributed by atoms with Gasteiger partial charge in [0.25, 0.3) is 0 Å². The van der Waals surface area contributed by atoms with E-state index < -0.39 is 5.97 Å². The summed E-state index contributed by atoms with van der Waals surface area (Å²) in [6.07, 6.45) is 3.67. The Hall–Kier alpha value is -0.530. The number of hydrogen-bond donors (Lipinski definition) is 0. The van der Waals surface area contributed by atoms with Crippen molar-refractivity contribution in [1.82, 2.24) is 0 Å². The molecule has 1 fully saturated rings. The second kappa shape index (κ2) is 2.16. The number of carboxylic acid groups (broad SMARTS) is 1. The molecule has 2 nitrogen and oxygen atoms in total. The molecule has 0 N–H and O–H groups in total. The molecule has 0 saturated heterocycles. The van der Waals surface area contributed by atoms with E-state index in [1.54, 1.807) is 0 Å². The van der Waals surface area contributed by atoms with Crippen LogP contribution in [0.2, 0.25) is 0 Å². The van der Waals surface area contributed by atoms with Crippen molar-refractivity contribution < 1.29 is 9.90 Å². The molecule has 0 bridgehead atoms. The minimum absolute atomic E-state index is 0.278. The maximum atomic E-state index is 9.89. The lowest BCUT2D eigenvalue weighted by atomic mass is 9.83. The average Bonchev–Trinajstić information content (AvgIpc) is 1.55. The first kappa shape index (κ1) is 5.60. The highest BCUT2D eigenvalue weighted by Gasteiger charge is 2.16. The van der Waals surface area contributed by atoms with E-state index in [0.717, 1.165) is 12.8 Å². The van der Waals surface area contributed by atoms with Gasteiger partial charge in [-0.05, 0) is 12.3 Å². The van der Waals surface area contributed by atoms with Gasteiger partial charge in [-0.2, -0.15) is 0 Å². The molecule has 8 heavy (non-hydrogen) atoms. The van der Waals surface area contributed by atoms with E-state index in [-0.39, 0.29) is 6.42 Å². The molecule has 1 rings (SSSR count). The van der Waals surface area contributed by atoms with Crippen LogP contribution in [0.3, 0.4) is 0 Å². The quantitative estimate of drug-likeness (QED) is 0.502. The van der Waals surface area contributed by atoms with Crippen molar-refractivity contribution in [2.75, 3.05) is 0 Å². The average molecular weight is 113 g/mol. The van der Waals surface area contributed by atoms with Gasteiger partial charge in [0.15, 0.2) is 0 Å². The smallest absolute Gasteiger partial charge is 0.0417 e. The summed E-state index contributed by atoms with van der Waals surface area (Å²) in [4.78, 5) is 9.89. The van der Waals surface area contributed by atoms with Gasteiger partial charge in [0, 0.05) is 5.97 Å². The number of carboxylic acids is 1. The highest BCUT2D eigenvalue weighted by Crippen LogP contribution is 2.28. The van der Waals surface area contributed by atoms with Crippen LogP contribution in [0.5, 0.6) is 0 Å².